The quantitative estimate of drug-likeness (QED) is 0.764. The van der Waals surface area contributed by atoms with Gasteiger partial charge in [-0.2, -0.15) is 0 Å². The van der Waals surface area contributed by atoms with E-state index >= 15 is 0 Å². The summed E-state index contributed by atoms with van der Waals surface area (Å²) in [6, 6.07) is 1.44. The van der Waals surface area contributed by atoms with E-state index < -0.39 is 12.1 Å². The predicted octanol–water partition coefficient (Wildman–Crippen LogP) is 0.636. The molecule has 1 amide bonds. The maximum absolute atomic E-state index is 10.7. The van der Waals surface area contributed by atoms with Gasteiger partial charge in [0, 0.05) is 18.9 Å². The van der Waals surface area contributed by atoms with Crippen LogP contribution in [0.1, 0.15) is 15.9 Å². The van der Waals surface area contributed by atoms with E-state index in [1.54, 1.807) is 0 Å². The van der Waals surface area contributed by atoms with E-state index in [4.69, 9.17) is 5.11 Å². The molecule has 0 saturated carbocycles. The summed E-state index contributed by atoms with van der Waals surface area (Å²) in [5.74, 6) is -1.05. The van der Waals surface area contributed by atoms with Gasteiger partial charge in [-0.25, -0.2) is 9.59 Å². The van der Waals surface area contributed by atoms with Gasteiger partial charge in [0.25, 0.3) is 0 Å². The molecular formula is C9H10N2O4. The van der Waals surface area contributed by atoms with Crippen LogP contribution in [-0.2, 0) is 11.3 Å². The second-order valence-corrected chi connectivity index (χ2v) is 2.73. The second kappa shape index (κ2) is 4.94. The summed E-state index contributed by atoms with van der Waals surface area (Å²) >= 11 is 0. The Bertz CT molecular complexity index is 378. The van der Waals surface area contributed by atoms with Crippen molar-refractivity contribution >= 4 is 12.1 Å². The number of aromatic carboxylic acids is 1. The van der Waals surface area contributed by atoms with Crippen LogP contribution in [0.3, 0.4) is 0 Å². The van der Waals surface area contributed by atoms with Crippen molar-refractivity contribution in [2.24, 2.45) is 0 Å². The van der Waals surface area contributed by atoms with Crippen molar-refractivity contribution in [2.45, 2.75) is 6.54 Å². The van der Waals surface area contributed by atoms with Crippen LogP contribution in [0.5, 0.6) is 0 Å². The molecule has 1 aromatic rings. The van der Waals surface area contributed by atoms with Crippen molar-refractivity contribution in [3.63, 3.8) is 0 Å². The molecule has 2 N–H and O–H groups in total. The molecule has 0 aliphatic heterocycles. The molecule has 0 aliphatic carbocycles. The molecule has 0 fully saturated rings. The minimum atomic E-state index is -1.05. The zero-order valence-electron chi connectivity index (χ0n) is 8.06. The van der Waals surface area contributed by atoms with Gasteiger partial charge in [0.1, 0.15) is 0 Å². The first kappa shape index (κ1) is 11.0. The third kappa shape index (κ3) is 3.26. The van der Waals surface area contributed by atoms with Gasteiger partial charge in [-0.05, 0) is 11.6 Å². The first-order chi connectivity index (χ1) is 7.13. The monoisotopic (exact) mass is 210 g/mol. The van der Waals surface area contributed by atoms with Crippen LogP contribution in [0.2, 0.25) is 0 Å². The number of amides is 1. The normalized spacial score (nSPS) is 9.40. The molecule has 15 heavy (non-hydrogen) atoms. The van der Waals surface area contributed by atoms with Gasteiger partial charge >= 0.3 is 12.1 Å². The van der Waals surface area contributed by atoms with Crippen LogP contribution in [0, 0.1) is 0 Å². The lowest BCUT2D eigenvalue weighted by atomic mass is 10.2. The van der Waals surface area contributed by atoms with E-state index in [1.165, 1.54) is 25.6 Å². The maximum atomic E-state index is 10.7. The number of nitrogens with zero attached hydrogens (tertiary/aromatic N) is 1. The van der Waals surface area contributed by atoms with Crippen LogP contribution in [0.15, 0.2) is 18.5 Å². The van der Waals surface area contributed by atoms with Gasteiger partial charge in [0.15, 0.2) is 0 Å². The zero-order valence-corrected chi connectivity index (χ0v) is 8.06. The summed E-state index contributed by atoms with van der Waals surface area (Å²) < 4.78 is 4.36. The number of alkyl carbamates (subject to hydrolysis) is 1. The Morgan fingerprint density at radius 3 is 2.87 bits per heavy atom. The number of carbonyl (C=O) groups excluding carboxylic acids is 1. The van der Waals surface area contributed by atoms with Crippen LogP contribution >= 0.6 is 0 Å². The van der Waals surface area contributed by atoms with Gasteiger partial charge in [-0.15, -0.1) is 0 Å². The van der Waals surface area contributed by atoms with E-state index in [1.807, 2.05) is 0 Å². The van der Waals surface area contributed by atoms with Crippen molar-refractivity contribution in [3.8, 4) is 0 Å². The van der Waals surface area contributed by atoms with Gasteiger partial charge in [0.2, 0.25) is 0 Å². The van der Waals surface area contributed by atoms with Gasteiger partial charge in [-0.1, -0.05) is 0 Å². The number of rotatable bonds is 3. The average Bonchev–Trinajstić information content (AvgIpc) is 2.26. The Balaban J connectivity index is 2.66. The maximum Gasteiger partial charge on any atom is 0.407 e. The number of aromatic nitrogens is 1. The van der Waals surface area contributed by atoms with Crippen molar-refractivity contribution in [2.75, 3.05) is 7.11 Å². The minimum absolute atomic E-state index is 0.0826. The summed E-state index contributed by atoms with van der Waals surface area (Å²) in [5, 5.41) is 11.1. The molecule has 80 valence electrons. The second-order valence-electron chi connectivity index (χ2n) is 2.73. The fourth-order valence-corrected chi connectivity index (χ4v) is 0.948. The summed E-state index contributed by atoms with van der Waals surface area (Å²) in [4.78, 5) is 25.1. The molecule has 1 aromatic heterocycles. The molecule has 0 bridgehead atoms. The summed E-state index contributed by atoms with van der Waals surface area (Å²) in [5.41, 5.74) is 0.680. The molecule has 0 spiro atoms. The van der Waals surface area contributed by atoms with Crippen molar-refractivity contribution in [1.29, 1.82) is 0 Å². The van der Waals surface area contributed by atoms with Gasteiger partial charge < -0.3 is 15.2 Å². The molecule has 0 aromatic carbocycles. The lowest BCUT2D eigenvalue weighted by Crippen LogP contribution is -2.22. The molecular weight excluding hydrogens is 200 g/mol. The number of ether oxygens (including phenoxy) is 1. The summed E-state index contributed by atoms with van der Waals surface area (Å²) in [7, 11) is 1.25. The van der Waals surface area contributed by atoms with E-state index in [0.717, 1.165) is 0 Å². The van der Waals surface area contributed by atoms with Crippen LogP contribution < -0.4 is 5.32 Å². The first-order valence-corrected chi connectivity index (χ1v) is 4.12. The van der Waals surface area contributed by atoms with Gasteiger partial charge in [-0.3, -0.25) is 4.98 Å². The molecule has 0 atom stereocenters. The third-order valence-corrected chi connectivity index (χ3v) is 1.66. The Hall–Kier alpha value is -2.11. The van der Waals surface area contributed by atoms with Crippen molar-refractivity contribution < 1.29 is 19.4 Å². The predicted molar refractivity (Wildman–Crippen MR) is 50.4 cm³/mol. The molecule has 0 saturated heterocycles. The van der Waals surface area contributed by atoms with Crippen LogP contribution in [0.25, 0.3) is 0 Å². The average molecular weight is 210 g/mol. The standard InChI is InChI=1S/C9H10N2O4/c1-15-9(14)11-4-6-2-7(8(12)13)5-10-3-6/h2-3,5H,4H2,1H3,(H,11,14)(H,12,13). The Morgan fingerprint density at radius 2 is 2.27 bits per heavy atom. The lowest BCUT2D eigenvalue weighted by Gasteiger charge is -2.03. The van der Waals surface area contributed by atoms with Crippen molar-refractivity contribution in [3.05, 3.63) is 29.6 Å². The summed E-state index contributed by atoms with van der Waals surface area (Å²) in [6.45, 7) is 0.181. The number of carboxylic acid groups (broad SMARTS) is 1. The fraction of sp³-hybridized carbons (Fsp3) is 0.222. The Kier molecular flexibility index (Phi) is 3.61. The number of carbonyl (C=O) groups is 2. The molecule has 6 heteroatoms. The zero-order chi connectivity index (χ0) is 11.3. The Labute approximate surface area is 85.9 Å². The van der Waals surface area contributed by atoms with Gasteiger partial charge in [0.05, 0.1) is 12.7 Å². The van der Waals surface area contributed by atoms with E-state index in [0.29, 0.717) is 5.56 Å². The molecule has 0 aliphatic rings. The van der Waals surface area contributed by atoms with E-state index in [9.17, 15) is 9.59 Å². The number of carboxylic acids is 1. The largest absolute Gasteiger partial charge is 0.478 e. The summed E-state index contributed by atoms with van der Waals surface area (Å²) in [6.07, 6.45) is 2.14. The third-order valence-electron chi connectivity index (χ3n) is 1.66. The van der Waals surface area contributed by atoms with Crippen LogP contribution in [-0.4, -0.2) is 29.3 Å². The highest BCUT2D eigenvalue weighted by Crippen LogP contribution is 2.02. The molecule has 1 rings (SSSR count). The smallest absolute Gasteiger partial charge is 0.407 e. The number of nitrogens with one attached hydrogen (secondary N) is 1. The Morgan fingerprint density at radius 1 is 1.53 bits per heavy atom. The number of methoxy groups -OCH3 is 1. The minimum Gasteiger partial charge on any atom is -0.478 e. The van der Waals surface area contributed by atoms with Crippen LogP contribution in [0.4, 0.5) is 4.79 Å². The first-order valence-electron chi connectivity index (χ1n) is 4.12. The lowest BCUT2D eigenvalue weighted by molar-refractivity contribution is 0.0696. The van der Waals surface area contributed by atoms with E-state index in [-0.39, 0.29) is 12.1 Å². The molecule has 0 unspecified atom stereocenters. The number of hydrogen-bond donors (Lipinski definition) is 2. The highest BCUT2D eigenvalue weighted by Gasteiger charge is 2.05. The van der Waals surface area contributed by atoms with Crippen molar-refractivity contribution in [1.82, 2.24) is 10.3 Å². The molecule has 1 heterocycles. The highest BCUT2D eigenvalue weighted by atomic mass is 16.5. The molecule has 6 nitrogen and oxygen atoms in total. The fourth-order valence-electron chi connectivity index (χ4n) is 0.948. The number of hydrogen-bond acceptors (Lipinski definition) is 4. The van der Waals surface area contributed by atoms with E-state index in [2.05, 4.69) is 15.0 Å². The number of pyridine rings is 1. The topological polar surface area (TPSA) is 88.5 Å². The SMILES string of the molecule is COC(=O)NCc1cncc(C(=O)O)c1. The molecule has 0 radical (unpaired) electrons. The highest BCUT2D eigenvalue weighted by molar-refractivity contribution is 5.87.